The van der Waals surface area contributed by atoms with Gasteiger partial charge in [-0.2, -0.15) is 0 Å². The number of hydrogen-bond donors (Lipinski definition) is 2. The van der Waals surface area contributed by atoms with Crippen molar-refractivity contribution in [1.29, 1.82) is 0 Å². The summed E-state index contributed by atoms with van der Waals surface area (Å²) in [6, 6.07) is 26.1. The molecular weight excluding hydrogens is 586 g/mol. The minimum absolute atomic E-state index is 0.00670. The first-order chi connectivity index (χ1) is 22.1. The van der Waals surface area contributed by atoms with Crippen molar-refractivity contribution in [3.8, 4) is 11.4 Å². The summed E-state index contributed by atoms with van der Waals surface area (Å²) in [7, 11) is 0. The second-order valence-corrected chi connectivity index (χ2v) is 13.3. The van der Waals surface area contributed by atoms with Crippen LogP contribution in [0.25, 0.3) is 22.2 Å². The van der Waals surface area contributed by atoms with Gasteiger partial charge in [-0.3, -0.25) is 0 Å². The molecule has 1 fully saturated rings. The van der Waals surface area contributed by atoms with Crippen LogP contribution in [0.5, 0.6) is 0 Å². The lowest BCUT2D eigenvalue weighted by atomic mass is 9.78. The van der Waals surface area contributed by atoms with E-state index in [1.54, 1.807) is 9.80 Å². The lowest BCUT2D eigenvalue weighted by Gasteiger charge is -2.44. The minimum atomic E-state index is -1.02. The number of hydrogen-bond acceptors (Lipinski definition) is 5. The summed E-state index contributed by atoms with van der Waals surface area (Å²) in [6.45, 7) is 7.23. The van der Waals surface area contributed by atoms with Crippen molar-refractivity contribution in [2.24, 2.45) is 11.3 Å². The Kier molecular flexibility index (Phi) is 8.71. The lowest BCUT2D eigenvalue weighted by molar-refractivity contribution is 0.0928. The number of halogens is 2. The minimum Gasteiger partial charge on any atom is -0.465 e. The second kappa shape index (κ2) is 12.9. The normalized spacial score (nSPS) is 17.6. The molecule has 1 aliphatic rings. The van der Waals surface area contributed by atoms with Crippen LogP contribution in [0.1, 0.15) is 56.7 Å². The van der Waals surface area contributed by atoms with Crippen molar-refractivity contribution in [2.45, 2.75) is 45.6 Å². The van der Waals surface area contributed by atoms with Crippen LogP contribution < -0.4 is 4.90 Å². The average Bonchev–Trinajstić information content (AvgIpc) is 3.57. The smallest absolute Gasteiger partial charge is 0.407 e. The molecule has 3 atom stereocenters. The Balaban J connectivity index is 1.39. The van der Waals surface area contributed by atoms with E-state index in [0.717, 1.165) is 21.9 Å². The monoisotopic (exact) mass is 624 g/mol. The number of carbonyl (C=O) groups is 1. The summed E-state index contributed by atoms with van der Waals surface area (Å²) in [5, 5.41) is 26.2. The SMILES string of the molecule is CC(C)(C)C[C@H](c1cccc2ccccc12)N(CC1CN(c2c(F)cc(-c3nnn[nH]3)cc2F)CCC1c1ccccc1)C(=O)O. The maximum atomic E-state index is 15.6. The Morgan fingerprint density at radius 1 is 1.02 bits per heavy atom. The average molecular weight is 625 g/mol. The molecule has 8 nitrogen and oxygen atoms in total. The topological polar surface area (TPSA) is 98.2 Å². The van der Waals surface area contributed by atoms with Gasteiger partial charge in [0.1, 0.15) is 17.3 Å². The number of amides is 1. The first-order valence-corrected chi connectivity index (χ1v) is 15.6. The standard InChI is InChI=1S/C36H38F2N6O2/c1-36(2,3)20-32(29-15-9-13-24-12-7-8-14-28(24)29)44(35(45)46)22-26-21-43(17-16-27(26)23-10-5-4-6-11-23)33-30(37)18-25(19-31(33)38)34-39-41-42-40-34/h4-15,18-19,26-27,32H,16-17,20-22H2,1-3H3,(H,45,46)(H,39,40,41,42)/t26?,27?,32-/m1/s1. The Labute approximate surface area is 267 Å². The van der Waals surface area contributed by atoms with E-state index in [4.69, 9.17) is 0 Å². The molecule has 0 radical (unpaired) electrons. The summed E-state index contributed by atoms with van der Waals surface area (Å²) in [5.41, 5.74) is 1.93. The van der Waals surface area contributed by atoms with E-state index >= 15 is 8.78 Å². The number of nitrogens with one attached hydrogen (secondary N) is 1. The van der Waals surface area contributed by atoms with Crippen LogP contribution in [0, 0.1) is 23.0 Å². The summed E-state index contributed by atoms with van der Waals surface area (Å²) in [5.74, 6) is -1.53. The molecule has 0 spiro atoms. The van der Waals surface area contributed by atoms with Crippen LogP contribution in [0.3, 0.4) is 0 Å². The second-order valence-electron chi connectivity index (χ2n) is 13.3. The molecule has 0 aliphatic carbocycles. The molecule has 2 unspecified atom stereocenters. The molecule has 6 rings (SSSR count). The van der Waals surface area contributed by atoms with Crippen LogP contribution >= 0.6 is 0 Å². The van der Waals surface area contributed by atoms with Gasteiger partial charge < -0.3 is 14.9 Å². The number of tetrazole rings is 1. The highest BCUT2D eigenvalue weighted by Gasteiger charge is 2.38. The molecule has 1 aromatic heterocycles. The summed E-state index contributed by atoms with van der Waals surface area (Å²) in [6.07, 6.45) is 0.182. The van der Waals surface area contributed by atoms with Crippen molar-refractivity contribution in [3.05, 3.63) is 108 Å². The molecule has 0 saturated carbocycles. The number of fused-ring (bicyclic) bond motifs is 1. The van der Waals surface area contributed by atoms with E-state index < -0.39 is 23.8 Å². The molecule has 4 aromatic carbocycles. The zero-order valence-electron chi connectivity index (χ0n) is 26.2. The molecule has 238 valence electrons. The fraction of sp³-hybridized carbons (Fsp3) is 0.333. The fourth-order valence-corrected chi connectivity index (χ4v) is 6.95. The van der Waals surface area contributed by atoms with E-state index in [-0.39, 0.29) is 47.4 Å². The fourth-order valence-electron chi connectivity index (χ4n) is 6.95. The van der Waals surface area contributed by atoms with Gasteiger partial charge in [-0.05, 0) is 68.6 Å². The highest BCUT2D eigenvalue weighted by molar-refractivity contribution is 5.86. The van der Waals surface area contributed by atoms with Crippen LogP contribution in [0.4, 0.5) is 19.3 Å². The largest absolute Gasteiger partial charge is 0.465 e. The molecule has 5 aromatic rings. The van der Waals surface area contributed by atoms with Gasteiger partial charge in [-0.15, -0.1) is 5.10 Å². The molecular formula is C36H38F2N6O2. The Morgan fingerprint density at radius 3 is 2.39 bits per heavy atom. The maximum absolute atomic E-state index is 15.6. The molecule has 2 heterocycles. The quantitative estimate of drug-likeness (QED) is 0.181. The third-order valence-corrected chi connectivity index (χ3v) is 8.95. The van der Waals surface area contributed by atoms with E-state index in [2.05, 4.69) is 53.5 Å². The van der Waals surface area contributed by atoms with Crippen molar-refractivity contribution < 1.29 is 18.7 Å². The van der Waals surface area contributed by atoms with E-state index in [1.165, 1.54) is 12.1 Å². The van der Waals surface area contributed by atoms with Gasteiger partial charge in [0, 0.05) is 31.1 Å². The van der Waals surface area contributed by atoms with Gasteiger partial charge in [-0.1, -0.05) is 93.6 Å². The molecule has 1 amide bonds. The number of nitrogens with zero attached hydrogens (tertiary/aromatic N) is 5. The molecule has 1 aliphatic heterocycles. The Bertz CT molecular complexity index is 1780. The Morgan fingerprint density at radius 2 is 1.72 bits per heavy atom. The molecule has 10 heteroatoms. The lowest BCUT2D eigenvalue weighted by Crippen LogP contribution is -2.47. The summed E-state index contributed by atoms with van der Waals surface area (Å²) < 4.78 is 31.3. The highest BCUT2D eigenvalue weighted by atomic mass is 19.1. The number of aromatic nitrogens is 4. The van der Waals surface area contributed by atoms with Gasteiger partial charge in [0.15, 0.2) is 5.82 Å². The maximum Gasteiger partial charge on any atom is 0.407 e. The van der Waals surface area contributed by atoms with Gasteiger partial charge in [-0.25, -0.2) is 18.7 Å². The molecule has 0 bridgehead atoms. The third kappa shape index (κ3) is 6.56. The van der Waals surface area contributed by atoms with Crippen molar-refractivity contribution in [2.75, 3.05) is 24.5 Å². The van der Waals surface area contributed by atoms with Gasteiger partial charge in [0.05, 0.1) is 6.04 Å². The van der Waals surface area contributed by atoms with Crippen LogP contribution in [0.2, 0.25) is 0 Å². The Hall–Kier alpha value is -4.86. The van der Waals surface area contributed by atoms with Crippen molar-refractivity contribution in [1.82, 2.24) is 25.5 Å². The number of rotatable bonds is 8. The van der Waals surface area contributed by atoms with Crippen molar-refractivity contribution in [3.63, 3.8) is 0 Å². The summed E-state index contributed by atoms with van der Waals surface area (Å²) >= 11 is 0. The number of H-pyrrole nitrogens is 1. The van der Waals surface area contributed by atoms with Crippen LogP contribution in [-0.4, -0.2) is 56.4 Å². The van der Waals surface area contributed by atoms with Crippen LogP contribution in [-0.2, 0) is 0 Å². The first-order valence-electron chi connectivity index (χ1n) is 15.6. The number of piperidine rings is 1. The van der Waals surface area contributed by atoms with E-state index in [9.17, 15) is 9.90 Å². The van der Waals surface area contributed by atoms with Crippen LogP contribution in [0.15, 0.2) is 84.9 Å². The zero-order chi connectivity index (χ0) is 32.4. The van der Waals surface area contributed by atoms with Gasteiger partial charge >= 0.3 is 6.09 Å². The van der Waals surface area contributed by atoms with Crippen molar-refractivity contribution >= 4 is 22.6 Å². The summed E-state index contributed by atoms with van der Waals surface area (Å²) in [4.78, 5) is 16.5. The number of aromatic amines is 1. The van der Waals surface area contributed by atoms with Gasteiger partial charge in [0.2, 0.25) is 0 Å². The molecule has 1 saturated heterocycles. The highest BCUT2D eigenvalue weighted by Crippen LogP contribution is 2.42. The third-order valence-electron chi connectivity index (χ3n) is 8.95. The number of anilines is 1. The van der Waals surface area contributed by atoms with E-state index in [1.807, 2.05) is 60.7 Å². The molecule has 2 N–H and O–H groups in total. The number of benzene rings is 4. The molecule has 46 heavy (non-hydrogen) atoms. The number of carboxylic acid groups (broad SMARTS) is 1. The van der Waals surface area contributed by atoms with Gasteiger partial charge in [0.25, 0.3) is 0 Å². The first kappa shape index (κ1) is 31.1. The van der Waals surface area contributed by atoms with E-state index in [0.29, 0.717) is 19.4 Å². The zero-order valence-corrected chi connectivity index (χ0v) is 26.2. The predicted molar refractivity (Wildman–Crippen MR) is 175 cm³/mol. The predicted octanol–water partition coefficient (Wildman–Crippen LogP) is 8.07.